The van der Waals surface area contributed by atoms with Gasteiger partial charge in [0.2, 0.25) is 5.95 Å². The van der Waals surface area contributed by atoms with E-state index in [1.165, 1.54) is 7.11 Å². The van der Waals surface area contributed by atoms with Gasteiger partial charge < -0.3 is 9.84 Å². The van der Waals surface area contributed by atoms with Crippen molar-refractivity contribution in [1.82, 2.24) is 4.98 Å². The van der Waals surface area contributed by atoms with Gasteiger partial charge in [-0.2, -0.15) is 4.39 Å². The fourth-order valence-corrected chi connectivity index (χ4v) is 0.743. The largest absolute Gasteiger partial charge is 0.496 e. The predicted octanol–water partition coefficient (Wildman–Crippen LogP) is 0.927. The second-order valence-corrected chi connectivity index (χ2v) is 2.01. The number of pyridine rings is 1. The molecule has 1 N–H and O–H groups in total. The number of methoxy groups -OCH3 is 1. The van der Waals surface area contributed by atoms with E-state index in [0.717, 1.165) is 12.3 Å². The fourth-order valence-electron chi connectivity index (χ4n) is 0.743. The Kier molecular flexibility index (Phi) is 2.23. The third-order valence-corrected chi connectivity index (χ3v) is 1.28. The first kappa shape index (κ1) is 8.45. The molecule has 0 fully saturated rings. The Hall–Kier alpha value is -1.65. The lowest BCUT2D eigenvalue weighted by atomic mass is 10.2. The van der Waals surface area contributed by atoms with Gasteiger partial charge in [-0.1, -0.05) is 0 Å². The van der Waals surface area contributed by atoms with Crippen LogP contribution in [-0.4, -0.2) is 23.2 Å². The first-order valence-electron chi connectivity index (χ1n) is 3.08. The maximum absolute atomic E-state index is 12.4. The summed E-state index contributed by atoms with van der Waals surface area (Å²) in [5.41, 5.74) is -0.154. The summed E-state index contributed by atoms with van der Waals surface area (Å²) < 4.78 is 17.0. The molecule has 0 amide bonds. The Morgan fingerprint density at radius 1 is 1.75 bits per heavy atom. The standard InChI is InChI=1S/C7H6FNO3/c1-12-5-2-6(8)9-3-4(5)7(10)11/h2-3H,1H3,(H,10,11). The molecular formula is C7H6FNO3. The van der Waals surface area contributed by atoms with Crippen LogP contribution in [0.25, 0.3) is 0 Å². The van der Waals surface area contributed by atoms with Gasteiger partial charge in [0.25, 0.3) is 0 Å². The number of carboxylic acid groups (broad SMARTS) is 1. The molecule has 0 aliphatic heterocycles. The third kappa shape index (κ3) is 1.50. The first-order valence-corrected chi connectivity index (χ1v) is 3.08. The van der Waals surface area contributed by atoms with E-state index in [1.807, 2.05) is 0 Å². The van der Waals surface area contributed by atoms with Gasteiger partial charge in [0.1, 0.15) is 11.3 Å². The van der Waals surface area contributed by atoms with Crippen LogP contribution < -0.4 is 4.74 Å². The van der Waals surface area contributed by atoms with Gasteiger partial charge in [0, 0.05) is 12.3 Å². The second-order valence-electron chi connectivity index (χ2n) is 2.01. The molecule has 1 aromatic heterocycles. The monoisotopic (exact) mass is 171 g/mol. The molecule has 1 aromatic rings. The summed E-state index contributed by atoms with van der Waals surface area (Å²) in [6.07, 6.45) is 0.913. The van der Waals surface area contributed by atoms with Gasteiger partial charge in [0.05, 0.1) is 7.11 Å². The highest BCUT2D eigenvalue weighted by Gasteiger charge is 2.11. The summed E-state index contributed by atoms with van der Waals surface area (Å²) in [6.45, 7) is 0. The van der Waals surface area contributed by atoms with E-state index in [4.69, 9.17) is 5.11 Å². The van der Waals surface area contributed by atoms with Crippen molar-refractivity contribution in [3.05, 3.63) is 23.8 Å². The number of hydrogen-bond acceptors (Lipinski definition) is 3. The van der Waals surface area contributed by atoms with Crippen molar-refractivity contribution in [3.8, 4) is 5.75 Å². The zero-order valence-electron chi connectivity index (χ0n) is 6.24. The molecule has 64 valence electrons. The van der Waals surface area contributed by atoms with Gasteiger partial charge in [-0.3, -0.25) is 0 Å². The number of rotatable bonds is 2. The average Bonchev–Trinajstić information content (AvgIpc) is 2.03. The van der Waals surface area contributed by atoms with Crippen molar-refractivity contribution >= 4 is 5.97 Å². The number of carbonyl (C=O) groups is 1. The molecule has 0 radical (unpaired) electrons. The predicted molar refractivity (Wildman–Crippen MR) is 37.7 cm³/mol. The molecule has 0 aliphatic rings. The highest BCUT2D eigenvalue weighted by atomic mass is 19.1. The van der Waals surface area contributed by atoms with E-state index in [9.17, 15) is 9.18 Å². The van der Waals surface area contributed by atoms with Gasteiger partial charge in [-0.25, -0.2) is 9.78 Å². The first-order chi connectivity index (χ1) is 5.65. The summed E-state index contributed by atoms with van der Waals surface area (Å²) in [6, 6.07) is 0.920. The van der Waals surface area contributed by atoms with E-state index >= 15 is 0 Å². The molecule has 0 saturated heterocycles. The van der Waals surface area contributed by atoms with Crippen LogP contribution in [0.15, 0.2) is 12.3 Å². The Morgan fingerprint density at radius 3 is 2.92 bits per heavy atom. The van der Waals surface area contributed by atoms with Crippen LogP contribution in [-0.2, 0) is 0 Å². The Labute approximate surface area is 67.6 Å². The van der Waals surface area contributed by atoms with Crippen LogP contribution in [0.1, 0.15) is 10.4 Å². The van der Waals surface area contributed by atoms with Gasteiger partial charge in [-0.15, -0.1) is 0 Å². The van der Waals surface area contributed by atoms with Gasteiger partial charge in [0.15, 0.2) is 0 Å². The molecule has 0 aliphatic carbocycles. The molecule has 0 unspecified atom stereocenters. The van der Waals surface area contributed by atoms with Crippen LogP contribution in [0.4, 0.5) is 4.39 Å². The molecule has 0 atom stereocenters. The molecule has 4 nitrogen and oxygen atoms in total. The fraction of sp³-hybridized carbons (Fsp3) is 0.143. The topological polar surface area (TPSA) is 59.4 Å². The number of aromatic nitrogens is 1. The lowest BCUT2D eigenvalue weighted by Gasteiger charge is -2.02. The summed E-state index contributed by atoms with van der Waals surface area (Å²) >= 11 is 0. The average molecular weight is 171 g/mol. The van der Waals surface area contributed by atoms with Crippen LogP contribution >= 0.6 is 0 Å². The van der Waals surface area contributed by atoms with E-state index < -0.39 is 11.9 Å². The van der Waals surface area contributed by atoms with Crippen molar-refractivity contribution in [2.24, 2.45) is 0 Å². The molecule has 1 rings (SSSR count). The van der Waals surface area contributed by atoms with Crippen molar-refractivity contribution in [2.45, 2.75) is 0 Å². The van der Waals surface area contributed by atoms with Crippen molar-refractivity contribution < 1.29 is 19.0 Å². The van der Waals surface area contributed by atoms with E-state index in [0.29, 0.717) is 0 Å². The molecule has 5 heteroatoms. The third-order valence-electron chi connectivity index (χ3n) is 1.28. The summed E-state index contributed by atoms with van der Waals surface area (Å²) in [4.78, 5) is 13.6. The maximum atomic E-state index is 12.4. The SMILES string of the molecule is COc1cc(F)ncc1C(=O)O. The quantitative estimate of drug-likeness (QED) is 0.672. The van der Waals surface area contributed by atoms with Crippen molar-refractivity contribution in [1.29, 1.82) is 0 Å². The van der Waals surface area contributed by atoms with Crippen LogP contribution in [0.5, 0.6) is 5.75 Å². The normalized spacial score (nSPS) is 9.50. The van der Waals surface area contributed by atoms with E-state index in [-0.39, 0.29) is 11.3 Å². The highest BCUT2D eigenvalue weighted by Crippen LogP contribution is 2.16. The molecule has 1 heterocycles. The van der Waals surface area contributed by atoms with Gasteiger partial charge in [-0.05, 0) is 0 Å². The molecule has 0 bridgehead atoms. The maximum Gasteiger partial charge on any atom is 0.341 e. The summed E-state index contributed by atoms with van der Waals surface area (Å²) in [5, 5.41) is 8.55. The molecule has 0 spiro atoms. The summed E-state index contributed by atoms with van der Waals surface area (Å²) in [5.74, 6) is -1.99. The number of ether oxygens (including phenoxy) is 1. The Balaban J connectivity index is 3.20. The highest BCUT2D eigenvalue weighted by molar-refractivity contribution is 5.90. The number of halogens is 1. The van der Waals surface area contributed by atoms with Crippen LogP contribution in [0, 0.1) is 5.95 Å². The Bertz CT molecular complexity index is 314. The molecule has 0 aromatic carbocycles. The summed E-state index contributed by atoms with van der Waals surface area (Å²) in [7, 11) is 1.27. The lowest BCUT2D eigenvalue weighted by Crippen LogP contribution is -2.02. The smallest absolute Gasteiger partial charge is 0.341 e. The zero-order valence-corrected chi connectivity index (χ0v) is 6.24. The van der Waals surface area contributed by atoms with Crippen molar-refractivity contribution in [3.63, 3.8) is 0 Å². The van der Waals surface area contributed by atoms with Crippen molar-refractivity contribution in [2.75, 3.05) is 7.11 Å². The van der Waals surface area contributed by atoms with E-state index in [2.05, 4.69) is 9.72 Å². The van der Waals surface area contributed by atoms with Crippen LogP contribution in [0.3, 0.4) is 0 Å². The van der Waals surface area contributed by atoms with Gasteiger partial charge >= 0.3 is 5.97 Å². The molecule has 12 heavy (non-hydrogen) atoms. The lowest BCUT2D eigenvalue weighted by molar-refractivity contribution is 0.0692. The number of carboxylic acids is 1. The second kappa shape index (κ2) is 3.17. The molecule has 0 saturated carbocycles. The zero-order chi connectivity index (χ0) is 9.14. The molecular weight excluding hydrogens is 165 g/mol. The minimum absolute atomic E-state index is 0.0324. The van der Waals surface area contributed by atoms with E-state index in [1.54, 1.807) is 0 Å². The number of aromatic carboxylic acids is 1. The minimum atomic E-state index is -1.20. The number of nitrogens with zero attached hydrogens (tertiary/aromatic N) is 1. The minimum Gasteiger partial charge on any atom is -0.496 e. The van der Waals surface area contributed by atoms with Crippen LogP contribution in [0.2, 0.25) is 0 Å². The number of hydrogen-bond donors (Lipinski definition) is 1. The Morgan fingerprint density at radius 2 is 2.42 bits per heavy atom.